The summed E-state index contributed by atoms with van der Waals surface area (Å²) in [6, 6.07) is 8.12. The molecule has 1 aromatic carbocycles. The first-order valence-corrected chi connectivity index (χ1v) is 13.1. The number of aliphatic carboxylic acids is 1. The van der Waals surface area contributed by atoms with Crippen LogP contribution in [0.5, 0.6) is 5.75 Å². The number of rotatable bonds is 8. The number of thiazole rings is 1. The zero-order chi connectivity index (χ0) is 25.2. The number of anilines is 1. The first-order valence-electron chi connectivity index (χ1n) is 12.2. The van der Waals surface area contributed by atoms with Gasteiger partial charge in [-0.05, 0) is 56.7 Å². The molecule has 0 atom stereocenters. The molecule has 6 nitrogen and oxygen atoms in total. The smallest absolute Gasteiger partial charge is 0.307 e. The summed E-state index contributed by atoms with van der Waals surface area (Å²) in [6.07, 6.45) is 2.96. The van der Waals surface area contributed by atoms with Gasteiger partial charge in [0, 0.05) is 46.9 Å². The number of ether oxygens (including phenoxy) is 1. The molecule has 0 bridgehead atoms. The molecule has 7 heteroatoms. The van der Waals surface area contributed by atoms with Gasteiger partial charge in [0.25, 0.3) is 0 Å². The van der Waals surface area contributed by atoms with Crippen molar-refractivity contribution in [3.05, 3.63) is 57.3 Å². The second kappa shape index (κ2) is 10.4. The van der Waals surface area contributed by atoms with Crippen molar-refractivity contribution in [1.29, 1.82) is 0 Å². The third-order valence-electron chi connectivity index (χ3n) is 7.00. The highest BCUT2D eigenvalue weighted by molar-refractivity contribution is 7.09. The first-order chi connectivity index (χ1) is 16.6. The fraction of sp³-hybridized carbons (Fsp3) is 0.464. The standard InChI is InChI=1S/C28H35N3O3S/c1-18-23(16-25(32)33)27(31-13-11-28(4,5)12-14-31)26(20(3)30-18)21-6-8-22(9-7-21)34-15-10-24-19(2)29-17-35-24/h6-9,17H,10-16H2,1-5H3,(H,32,33). The minimum atomic E-state index is -0.830. The van der Waals surface area contributed by atoms with Crippen molar-refractivity contribution in [3.8, 4) is 16.9 Å². The Balaban J connectivity index is 1.64. The molecule has 186 valence electrons. The number of aryl methyl sites for hydroxylation is 3. The van der Waals surface area contributed by atoms with Crippen LogP contribution in [0, 0.1) is 26.2 Å². The fourth-order valence-electron chi connectivity index (χ4n) is 4.81. The molecule has 2 aromatic heterocycles. The van der Waals surface area contributed by atoms with E-state index in [2.05, 4.69) is 35.9 Å². The lowest BCUT2D eigenvalue weighted by molar-refractivity contribution is -0.136. The van der Waals surface area contributed by atoms with Gasteiger partial charge in [0.2, 0.25) is 0 Å². The number of carboxylic acid groups (broad SMARTS) is 1. The van der Waals surface area contributed by atoms with Crippen LogP contribution < -0.4 is 9.64 Å². The normalized spacial score (nSPS) is 15.3. The van der Waals surface area contributed by atoms with Crippen molar-refractivity contribution >= 4 is 23.0 Å². The minimum absolute atomic E-state index is 0.0282. The summed E-state index contributed by atoms with van der Waals surface area (Å²) in [5.74, 6) is -0.0103. The molecule has 3 heterocycles. The molecule has 0 spiro atoms. The molecule has 1 fully saturated rings. The Hall–Kier alpha value is -2.93. The molecule has 0 aliphatic carbocycles. The highest BCUT2D eigenvalue weighted by Gasteiger charge is 2.30. The number of benzene rings is 1. The predicted octanol–water partition coefficient (Wildman–Crippen LogP) is 6.01. The maximum Gasteiger partial charge on any atom is 0.307 e. The van der Waals surface area contributed by atoms with Crippen LogP contribution in [-0.2, 0) is 17.6 Å². The van der Waals surface area contributed by atoms with Crippen LogP contribution in [0.2, 0.25) is 0 Å². The van der Waals surface area contributed by atoms with Gasteiger partial charge in [-0.3, -0.25) is 9.78 Å². The summed E-state index contributed by atoms with van der Waals surface area (Å²) < 4.78 is 6.00. The van der Waals surface area contributed by atoms with Crippen LogP contribution in [-0.4, -0.2) is 40.7 Å². The van der Waals surface area contributed by atoms with Crippen LogP contribution in [0.1, 0.15) is 54.2 Å². The second-order valence-corrected chi connectivity index (χ2v) is 11.1. The van der Waals surface area contributed by atoms with Crippen molar-refractivity contribution in [2.24, 2.45) is 5.41 Å². The lowest BCUT2D eigenvalue weighted by Crippen LogP contribution is -2.38. The van der Waals surface area contributed by atoms with Gasteiger partial charge in [-0.2, -0.15) is 0 Å². The lowest BCUT2D eigenvalue weighted by atomic mass is 9.82. The third kappa shape index (κ3) is 5.84. The van der Waals surface area contributed by atoms with Crippen molar-refractivity contribution in [1.82, 2.24) is 9.97 Å². The summed E-state index contributed by atoms with van der Waals surface area (Å²) in [5.41, 5.74) is 8.87. The number of piperidine rings is 1. The quantitative estimate of drug-likeness (QED) is 0.414. The maximum absolute atomic E-state index is 11.8. The van der Waals surface area contributed by atoms with E-state index in [0.29, 0.717) is 12.0 Å². The van der Waals surface area contributed by atoms with E-state index in [1.165, 1.54) is 4.88 Å². The predicted molar refractivity (Wildman–Crippen MR) is 142 cm³/mol. The molecule has 3 aromatic rings. The number of pyridine rings is 1. The van der Waals surface area contributed by atoms with Gasteiger partial charge in [-0.1, -0.05) is 26.0 Å². The highest BCUT2D eigenvalue weighted by atomic mass is 32.1. The first kappa shape index (κ1) is 25.2. The average Bonchev–Trinajstić information content (AvgIpc) is 3.21. The topological polar surface area (TPSA) is 75.5 Å². The molecule has 1 aliphatic heterocycles. The average molecular weight is 494 g/mol. The van der Waals surface area contributed by atoms with Crippen LogP contribution in [0.15, 0.2) is 29.8 Å². The van der Waals surface area contributed by atoms with Crippen LogP contribution in [0.4, 0.5) is 5.69 Å². The molecule has 4 rings (SSSR count). The van der Waals surface area contributed by atoms with E-state index in [4.69, 9.17) is 9.72 Å². The van der Waals surface area contributed by atoms with Crippen LogP contribution >= 0.6 is 11.3 Å². The zero-order valence-electron chi connectivity index (χ0n) is 21.4. The minimum Gasteiger partial charge on any atom is -0.493 e. The fourth-order valence-corrected chi connectivity index (χ4v) is 5.57. The summed E-state index contributed by atoms with van der Waals surface area (Å²) >= 11 is 1.66. The summed E-state index contributed by atoms with van der Waals surface area (Å²) in [7, 11) is 0. The van der Waals surface area contributed by atoms with Gasteiger partial charge in [0.15, 0.2) is 0 Å². The summed E-state index contributed by atoms with van der Waals surface area (Å²) in [4.78, 5) is 24.5. The van der Waals surface area contributed by atoms with E-state index in [1.54, 1.807) is 11.3 Å². The molecule has 1 aliphatic rings. The zero-order valence-corrected chi connectivity index (χ0v) is 22.2. The summed E-state index contributed by atoms with van der Waals surface area (Å²) in [5, 5.41) is 9.67. The summed E-state index contributed by atoms with van der Waals surface area (Å²) in [6.45, 7) is 13.0. The van der Waals surface area contributed by atoms with Crippen molar-refractivity contribution in [3.63, 3.8) is 0 Å². The lowest BCUT2D eigenvalue weighted by Gasteiger charge is -2.40. The Morgan fingerprint density at radius 1 is 1.09 bits per heavy atom. The Bertz CT molecular complexity index is 1190. The van der Waals surface area contributed by atoms with E-state index in [-0.39, 0.29) is 6.42 Å². The van der Waals surface area contributed by atoms with Gasteiger partial charge in [0.05, 0.1) is 29.9 Å². The van der Waals surface area contributed by atoms with Gasteiger partial charge < -0.3 is 14.7 Å². The van der Waals surface area contributed by atoms with E-state index >= 15 is 0 Å². The van der Waals surface area contributed by atoms with Crippen molar-refractivity contribution < 1.29 is 14.6 Å². The highest BCUT2D eigenvalue weighted by Crippen LogP contribution is 2.41. The van der Waals surface area contributed by atoms with E-state index < -0.39 is 5.97 Å². The van der Waals surface area contributed by atoms with E-state index in [0.717, 1.165) is 77.6 Å². The molecule has 0 amide bonds. The van der Waals surface area contributed by atoms with Crippen LogP contribution in [0.3, 0.4) is 0 Å². The molecular formula is C28H35N3O3S. The van der Waals surface area contributed by atoms with Gasteiger partial charge >= 0.3 is 5.97 Å². The molecule has 35 heavy (non-hydrogen) atoms. The molecule has 0 saturated carbocycles. The van der Waals surface area contributed by atoms with E-state index in [1.807, 2.05) is 38.4 Å². The maximum atomic E-state index is 11.8. The van der Waals surface area contributed by atoms with Gasteiger partial charge in [0.1, 0.15) is 5.75 Å². The molecule has 1 saturated heterocycles. The molecule has 0 radical (unpaired) electrons. The van der Waals surface area contributed by atoms with E-state index in [9.17, 15) is 9.90 Å². The van der Waals surface area contributed by atoms with Crippen LogP contribution in [0.25, 0.3) is 11.1 Å². The van der Waals surface area contributed by atoms with Gasteiger partial charge in [-0.15, -0.1) is 11.3 Å². The van der Waals surface area contributed by atoms with Crippen molar-refractivity contribution in [2.45, 2.75) is 60.3 Å². The second-order valence-electron chi connectivity index (χ2n) is 10.2. The van der Waals surface area contributed by atoms with Gasteiger partial charge in [-0.25, -0.2) is 4.98 Å². The molecular weight excluding hydrogens is 458 g/mol. The number of hydrogen-bond acceptors (Lipinski definition) is 6. The Morgan fingerprint density at radius 3 is 2.37 bits per heavy atom. The third-order valence-corrected chi connectivity index (χ3v) is 8.00. The largest absolute Gasteiger partial charge is 0.493 e. The number of hydrogen-bond donors (Lipinski definition) is 1. The number of aromatic nitrogens is 2. The number of carbonyl (C=O) groups is 1. The SMILES string of the molecule is Cc1ncsc1CCOc1ccc(-c2c(C)nc(C)c(CC(=O)O)c2N2CCC(C)(C)CC2)cc1. The number of carboxylic acids is 1. The Morgan fingerprint density at radius 2 is 1.77 bits per heavy atom. The van der Waals surface area contributed by atoms with Crippen molar-refractivity contribution in [2.75, 3.05) is 24.6 Å². The Labute approximate surface area is 212 Å². The monoisotopic (exact) mass is 493 g/mol. The Kier molecular flexibility index (Phi) is 7.45. The molecule has 0 unspecified atom stereocenters. The number of nitrogens with zero attached hydrogens (tertiary/aromatic N) is 3. The molecule has 1 N–H and O–H groups in total.